The van der Waals surface area contributed by atoms with Gasteiger partial charge in [0, 0.05) is 6.54 Å². The number of benzene rings is 2. The molecule has 0 saturated heterocycles. The lowest BCUT2D eigenvalue weighted by Gasteiger charge is -2.43. The molecule has 30 heavy (non-hydrogen) atoms. The summed E-state index contributed by atoms with van der Waals surface area (Å²) in [5, 5.41) is 45.6. The molecular formula is C23H35NO5Si. The lowest BCUT2D eigenvalue weighted by atomic mass is 10.0. The Morgan fingerprint density at radius 3 is 1.63 bits per heavy atom. The van der Waals surface area contributed by atoms with E-state index in [-0.39, 0.29) is 18.2 Å². The molecule has 5 N–H and O–H groups in total. The number of nitrogens with one attached hydrogen (secondary N) is 1. The molecule has 0 bridgehead atoms. The Bertz CT molecular complexity index is 714. The van der Waals surface area contributed by atoms with Crippen molar-refractivity contribution < 1.29 is 24.9 Å². The Balaban J connectivity index is 2.37. The summed E-state index contributed by atoms with van der Waals surface area (Å²) in [6.07, 6.45) is -5.58. The highest BCUT2D eigenvalue weighted by Crippen LogP contribution is 2.36. The first-order chi connectivity index (χ1) is 14.1. The lowest BCUT2D eigenvalue weighted by Crippen LogP contribution is -2.67. The van der Waals surface area contributed by atoms with Gasteiger partial charge in [0.25, 0.3) is 8.32 Å². The van der Waals surface area contributed by atoms with E-state index in [0.29, 0.717) is 0 Å². The van der Waals surface area contributed by atoms with E-state index in [1.165, 1.54) is 0 Å². The Kier molecular flexibility index (Phi) is 8.75. The minimum atomic E-state index is -2.86. The third-order valence-corrected chi connectivity index (χ3v) is 10.4. The van der Waals surface area contributed by atoms with E-state index < -0.39 is 32.7 Å². The van der Waals surface area contributed by atoms with Crippen LogP contribution in [0.1, 0.15) is 20.8 Å². The second-order valence-corrected chi connectivity index (χ2v) is 13.0. The molecule has 0 radical (unpaired) electrons. The molecule has 2 rings (SSSR count). The average Bonchev–Trinajstić information content (AvgIpc) is 2.73. The van der Waals surface area contributed by atoms with Crippen LogP contribution >= 0.6 is 0 Å². The Hall–Kier alpha value is -1.58. The van der Waals surface area contributed by atoms with Crippen LogP contribution in [-0.2, 0) is 4.43 Å². The molecule has 4 atom stereocenters. The van der Waals surface area contributed by atoms with Crippen LogP contribution in [0.3, 0.4) is 0 Å². The first kappa shape index (κ1) is 24.7. The average molecular weight is 434 g/mol. The van der Waals surface area contributed by atoms with Crippen molar-refractivity contribution in [1.29, 1.82) is 0 Å². The molecule has 0 aliphatic carbocycles. The van der Waals surface area contributed by atoms with E-state index in [9.17, 15) is 20.4 Å². The van der Waals surface area contributed by atoms with Gasteiger partial charge in [-0.25, -0.2) is 0 Å². The predicted molar refractivity (Wildman–Crippen MR) is 122 cm³/mol. The van der Waals surface area contributed by atoms with Gasteiger partial charge in [-0.2, -0.15) is 0 Å². The molecule has 0 unspecified atom stereocenters. The van der Waals surface area contributed by atoms with Crippen molar-refractivity contribution in [1.82, 2.24) is 5.32 Å². The summed E-state index contributed by atoms with van der Waals surface area (Å²) in [4.78, 5) is 0. The minimum Gasteiger partial charge on any atom is -0.405 e. The summed E-state index contributed by atoms with van der Waals surface area (Å²) in [6.45, 7) is 6.28. The molecule has 0 saturated carbocycles. The van der Waals surface area contributed by atoms with Crippen LogP contribution in [0.4, 0.5) is 0 Å². The van der Waals surface area contributed by atoms with Gasteiger partial charge < -0.3 is 30.2 Å². The van der Waals surface area contributed by atoms with Gasteiger partial charge in [-0.3, -0.25) is 0 Å². The highest BCUT2D eigenvalue weighted by atomic mass is 28.4. The number of aliphatic hydroxyl groups is 4. The summed E-state index contributed by atoms with van der Waals surface area (Å²) >= 11 is 0. The van der Waals surface area contributed by atoms with Crippen molar-refractivity contribution in [2.24, 2.45) is 0 Å². The fraction of sp³-hybridized carbons (Fsp3) is 0.478. The number of hydrogen-bond acceptors (Lipinski definition) is 6. The van der Waals surface area contributed by atoms with Crippen LogP contribution in [0.5, 0.6) is 0 Å². The van der Waals surface area contributed by atoms with Crippen molar-refractivity contribution >= 4 is 18.7 Å². The SMILES string of the molecule is CNC[C@H](O)[C@@H](O)[C@H](O)[C@H](O)CO[Si](c1ccccc1)(c1ccccc1)C(C)(C)C. The zero-order chi connectivity index (χ0) is 22.4. The van der Waals surface area contributed by atoms with E-state index >= 15 is 0 Å². The molecule has 6 nitrogen and oxygen atoms in total. The van der Waals surface area contributed by atoms with Gasteiger partial charge in [0.15, 0.2) is 0 Å². The molecule has 2 aromatic carbocycles. The lowest BCUT2D eigenvalue weighted by molar-refractivity contribution is -0.112. The van der Waals surface area contributed by atoms with Crippen LogP contribution in [0.15, 0.2) is 60.7 Å². The van der Waals surface area contributed by atoms with Gasteiger partial charge in [0.05, 0.1) is 12.7 Å². The van der Waals surface area contributed by atoms with Crippen LogP contribution in [0.25, 0.3) is 0 Å². The molecule has 0 aromatic heterocycles. The van der Waals surface area contributed by atoms with Gasteiger partial charge in [0.1, 0.15) is 18.3 Å². The fourth-order valence-corrected chi connectivity index (χ4v) is 8.43. The molecule has 0 spiro atoms. The van der Waals surface area contributed by atoms with E-state index in [1.807, 2.05) is 60.7 Å². The Labute approximate surface area is 180 Å². The Morgan fingerprint density at radius 2 is 1.23 bits per heavy atom. The number of rotatable bonds is 10. The van der Waals surface area contributed by atoms with Gasteiger partial charge >= 0.3 is 0 Å². The van der Waals surface area contributed by atoms with Crippen LogP contribution in [0, 0.1) is 0 Å². The smallest absolute Gasteiger partial charge is 0.261 e. The number of likely N-dealkylation sites (N-methyl/N-ethyl adjacent to an activating group) is 1. The predicted octanol–water partition coefficient (Wildman–Crippen LogP) is 0.226. The van der Waals surface area contributed by atoms with Crippen molar-refractivity contribution in [2.45, 2.75) is 50.2 Å². The van der Waals surface area contributed by atoms with Gasteiger partial charge in [-0.1, -0.05) is 81.4 Å². The molecular weight excluding hydrogens is 398 g/mol. The van der Waals surface area contributed by atoms with Crippen molar-refractivity contribution in [3.05, 3.63) is 60.7 Å². The normalized spacial score (nSPS) is 16.7. The molecule has 0 aliphatic heterocycles. The van der Waals surface area contributed by atoms with Crippen molar-refractivity contribution in [2.75, 3.05) is 20.2 Å². The molecule has 7 heteroatoms. The third-order valence-electron chi connectivity index (χ3n) is 5.44. The van der Waals surface area contributed by atoms with E-state index in [4.69, 9.17) is 4.43 Å². The number of aliphatic hydroxyl groups excluding tert-OH is 4. The summed E-state index contributed by atoms with van der Waals surface area (Å²) in [5.41, 5.74) is 0. The summed E-state index contributed by atoms with van der Waals surface area (Å²) in [5.74, 6) is 0. The zero-order valence-electron chi connectivity index (χ0n) is 18.2. The van der Waals surface area contributed by atoms with Gasteiger partial charge in [-0.15, -0.1) is 0 Å². The first-order valence-corrected chi connectivity index (χ1v) is 12.2. The van der Waals surface area contributed by atoms with Crippen molar-refractivity contribution in [3.63, 3.8) is 0 Å². The van der Waals surface area contributed by atoms with Gasteiger partial charge in [0.2, 0.25) is 0 Å². The molecule has 0 amide bonds. The molecule has 0 fully saturated rings. The maximum atomic E-state index is 10.6. The van der Waals surface area contributed by atoms with Crippen molar-refractivity contribution in [3.8, 4) is 0 Å². The third kappa shape index (κ3) is 5.36. The van der Waals surface area contributed by atoms with E-state index in [1.54, 1.807) is 7.05 Å². The highest BCUT2D eigenvalue weighted by molar-refractivity contribution is 6.99. The van der Waals surface area contributed by atoms with Gasteiger partial charge in [-0.05, 0) is 22.5 Å². The number of hydrogen-bond donors (Lipinski definition) is 5. The quantitative estimate of drug-likeness (QED) is 0.344. The maximum Gasteiger partial charge on any atom is 0.261 e. The second-order valence-electron chi connectivity index (χ2n) is 8.65. The minimum absolute atomic E-state index is 0.0977. The monoisotopic (exact) mass is 433 g/mol. The molecule has 0 aliphatic rings. The second kappa shape index (κ2) is 10.6. The fourth-order valence-electron chi connectivity index (χ4n) is 3.86. The molecule has 2 aromatic rings. The van der Waals surface area contributed by atoms with E-state index in [2.05, 4.69) is 26.1 Å². The highest BCUT2D eigenvalue weighted by Gasteiger charge is 2.50. The largest absolute Gasteiger partial charge is 0.405 e. The Morgan fingerprint density at radius 1 is 0.800 bits per heavy atom. The molecule has 0 heterocycles. The van der Waals surface area contributed by atoms with Crippen LogP contribution < -0.4 is 15.7 Å². The van der Waals surface area contributed by atoms with E-state index in [0.717, 1.165) is 10.4 Å². The topological polar surface area (TPSA) is 102 Å². The zero-order valence-corrected chi connectivity index (χ0v) is 19.2. The molecule has 166 valence electrons. The summed E-state index contributed by atoms with van der Waals surface area (Å²) in [6, 6.07) is 19.9. The first-order valence-electron chi connectivity index (χ1n) is 10.3. The summed E-state index contributed by atoms with van der Waals surface area (Å²) in [7, 11) is -1.23. The summed E-state index contributed by atoms with van der Waals surface area (Å²) < 4.78 is 6.56. The van der Waals surface area contributed by atoms with Crippen LogP contribution in [0.2, 0.25) is 5.04 Å². The standard InChI is InChI=1S/C23H35NO5Si/c1-23(2,3)30(17-11-7-5-8-12-17,18-13-9-6-10-14-18)29-16-20(26)22(28)21(27)19(25)15-24-4/h5-14,19-22,24-28H,15-16H2,1-4H3/t19-,20+,21+,22+/m0/s1. The van der Waals surface area contributed by atoms with Crippen LogP contribution in [-0.4, -0.2) is 73.4 Å². The maximum absolute atomic E-state index is 10.6.